The van der Waals surface area contributed by atoms with Crippen LogP contribution in [-0.2, 0) is 14.4 Å². The maximum atomic E-state index is 11.1. The molecule has 0 radical (unpaired) electrons. The second-order valence-electron chi connectivity index (χ2n) is 3.23. The third-order valence-corrected chi connectivity index (χ3v) is 1.74. The Morgan fingerprint density at radius 3 is 2.25 bits per heavy atom. The van der Waals surface area contributed by atoms with Crippen molar-refractivity contribution in [3.8, 4) is 0 Å². The second kappa shape index (κ2) is 8.66. The van der Waals surface area contributed by atoms with Crippen molar-refractivity contribution < 1.29 is 14.4 Å². The quantitative estimate of drug-likeness (QED) is 0.351. The average Bonchev–Trinajstić information content (AvgIpc) is 2.24. The molecule has 0 aromatic heterocycles. The van der Waals surface area contributed by atoms with Crippen LogP contribution in [0.5, 0.6) is 0 Å². The lowest BCUT2D eigenvalue weighted by Gasteiger charge is -2.05. The highest BCUT2D eigenvalue weighted by molar-refractivity contribution is 5.87. The predicted molar refractivity (Wildman–Crippen MR) is 58.4 cm³/mol. The molecule has 0 spiro atoms. The van der Waals surface area contributed by atoms with Crippen molar-refractivity contribution in [1.82, 2.24) is 16.0 Å². The Morgan fingerprint density at radius 1 is 1.06 bits per heavy atom. The number of hydrogen-bond donors (Lipinski definition) is 4. The summed E-state index contributed by atoms with van der Waals surface area (Å²) in [6.45, 7) is 0.404. The van der Waals surface area contributed by atoms with Gasteiger partial charge in [-0.15, -0.1) is 0 Å². The van der Waals surface area contributed by atoms with E-state index in [-0.39, 0.29) is 19.0 Å². The number of carbonyl (C=O) groups is 3. The van der Waals surface area contributed by atoms with E-state index >= 15 is 0 Å². The molecule has 3 amide bonds. The fourth-order valence-electron chi connectivity index (χ4n) is 0.941. The van der Waals surface area contributed by atoms with Crippen LogP contribution < -0.4 is 21.7 Å². The van der Waals surface area contributed by atoms with Gasteiger partial charge in [-0.3, -0.25) is 14.4 Å². The zero-order valence-electron chi connectivity index (χ0n) is 9.34. The molecule has 5 N–H and O–H groups in total. The van der Waals surface area contributed by atoms with Crippen LogP contribution in [0.4, 0.5) is 0 Å². The molecule has 92 valence electrons. The van der Waals surface area contributed by atoms with Gasteiger partial charge in [-0.1, -0.05) is 0 Å². The maximum absolute atomic E-state index is 11.1. The summed E-state index contributed by atoms with van der Waals surface area (Å²) in [5.41, 5.74) is 4.83. The van der Waals surface area contributed by atoms with Crippen LogP contribution >= 0.6 is 0 Å². The number of nitrogens with one attached hydrogen (secondary N) is 3. The molecular weight excluding hydrogens is 212 g/mol. The Bertz CT molecular complexity index is 255. The van der Waals surface area contributed by atoms with Crippen LogP contribution in [0.1, 0.15) is 12.8 Å². The summed E-state index contributed by atoms with van der Waals surface area (Å²) >= 11 is 0. The molecule has 0 aromatic carbocycles. The van der Waals surface area contributed by atoms with Gasteiger partial charge in [-0.05, 0) is 20.0 Å². The Kier molecular flexibility index (Phi) is 7.78. The number of hydrogen-bond acceptors (Lipinski definition) is 4. The highest BCUT2D eigenvalue weighted by Crippen LogP contribution is 1.85. The monoisotopic (exact) mass is 230 g/mol. The van der Waals surface area contributed by atoms with E-state index in [0.29, 0.717) is 12.8 Å². The number of nitrogens with two attached hydrogens (primary N) is 1. The first-order chi connectivity index (χ1) is 7.56. The van der Waals surface area contributed by atoms with Crippen LogP contribution in [0.2, 0.25) is 0 Å². The van der Waals surface area contributed by atoms with Gasteiger partial charge in [0.2, 0.25) is 17.7 Å². The fourth-order valence-corrected chi connectivity index (χ4v) is 0.941. The number of carbonyl (C=O) groups excluding carboxylic acids is 3. The van der Waals surface area contributed by atoms with Crippen LogP contribution in [0.3, 0.4) is 0 Å². The Labute approximate surface area is 94.1 Å². The van der Waals surface area contributed by atoms with Crippen LogP contribution in [0.25, 0.3) is 0 Å². The topological polar surface area (TPSA) is 113 Å². The highest BCUT2D eigenvalue weighted by Gasteiger charge is 2.05. The molecule has 0 bridgehead atoms. The number of amides is 3. The molecular formula is C9H18N4O3. The average molecular weight is 230 g/mol. The largest absolute Gasteiger partial charge is 0.368 e. The smallest absolute Gasteiger partial charge is 0.239 e. The second-order valence-corrected chi connectivity index (χ2v) is 3.23. The van der Waals surface area contributed by atoms with Crippen molar-refractivity contribution >= 4 is 17.7 Å². The van der Waals surface area contributed by atoms with E-state index in [1.807, 2.05) is 0 Å². The summed E-state index contributed by atoms with van der Waals surface area (Å²) in [6, 6.07) is 0. The molecule has 0 heterocycles. The first kappa shape index (κ1) is 14.4. The van der Waals surface area contributed by atoms with Crippen molar-refractivity contribution in [1.29, 1.82) is 0 Å². The minimum absolute atomic E-state index is 0.133. The summed E-state index contributed by atoms with van der Waals surface area (Å²) in [4.78, 5) is 32.5. The molecule has 0 rings (SSSR count). The molecule has 0 unspecified atom stereocenters. The molecule has 0 aliphatic heterocycles. The molecule has 0 aromatic rings. The van der Waals surface area contributed by atoms with Gasteiger partial charge in [0.05, 0.1) is 13.1 Å². The summed E-state index contributed by atoms with van der Waals surface area (Å²) < 4.78 is 0. The normalized spacial score (nSPS) is 9.56. The number of rotatable bonds is 8. The molecule has 0 fully saturated rings. The first-order valence-corrected chi connectivity index (χ1v) is 5.02. The molecule has 0 aliphatic rings. The Hall–Kier alpha value is -1.63. The standard InChI is InChI=1S/C9H18N4O3/c1-11-4-2-3-8(15)13-6-9(16)12-5-7(10)14/h11H,2-6H2,1H3,(H2,10,14)(H,12,16)(H,13,15). The van der Waals surface area contributed by atoms with E-state index in [4.69, 9.17) is 5.73 Å². The van der Waals surface area contributed by atoms with Gasteiger partial charge in [0.15, 0.2) is 0 Å². The van der Waals surface area contributed by atoms with Crippen molar-refractivity contribution in [2.24, 2.45) is 5.73 Å². The third kappa shape index (κ3) is 8.95. The van der Waals surface area contributed by atoms with Crippen molar-refractivity contribution in [2.45, 2.75) is 12.8 Å². The summed E-state index contributed by atoms with van der Waals surface area (Å²) in [6.07, 6.45) is 1.08. The molecule has 7 nitrogen and oxygen atoms in total. The highest BCUT2D eigenvalue weighted by atomic mass is 16.2. The van der Waals surface area contributed by atoms with Gasteiger partial charge in [-0.25, -0.2) is 0 Å². The van der Waals surface area contributed by atoms with Gasteiger partial charge < -0.3 is 21.7 Å². The summed E-state index contributed by atoms with van der Waals surface area (Å²) in [5.74, 6) is -1.24. The molecule has 0 saturated heterocycles. The SMILES string of the molecule is CNCCCC(=O)NCC(=O)NCC(N)=O. The lowest BCUT2D eigenvalue weighted by atomic mass is 10.3. The molecule has 0 atom stereocenters. The van der Waals surface area contributed by atoms with Crippen LogP contribution in [0.15, 0.2) is 0 Å². The predicted octanol–water partition coefficient (Wildman–Crippen LogP) is -2.30. The zero-order chi connectivity index (χ0) is 12.4. The molecule has 0 aliphatic carbocycles. The van der Waals surface area contributed by atoms with Gasteiger partial charge >= 0.3 is 0 Å². The first-order valence-electron chi connectivity index (χ1n) is 5.02. The van der Waals surface area contributed by atoms with Crippen molar-refractivity contribution in [2.75, 3.05) is 26.7 Å². The molecule has 0 saturated carbocycles. The fraction of sp³-hybridized carbons (Fsp3) is 0.667. The minimum atomic E-state index is -0.617. The van der Waals surface area contributed by atoms with Gasteiger partial charge in [0, 0.05) is 6.42 Å². The lowest BCUT2D eigenvalue weighted by Crippen LogP contribution is -2.40. The minimum Gasteiger partial charge on any atom is -0.368 e. The van der Waals surface area contributed by atoms with E-state index < -0.39 is 11.8 Å². The zero-order valence-corrected chi connectivity index (χ0v) is 9.34. The van der Waals surface area contributed by atoms with Gasteiger partial charge in [-0.2, -0.15) is 0 Å². The van der Waals surface area contributed by atoms with Crippen molar-refractivity contribution in [3.63, 3.8) is 0 Å². The van der Waals surface area contributed by atoms with Crippen LogP contribution in [-0.4, -0.2) is 44.4 Å². The Balaban J connectivity index is 3.51. The third-order valence-electron chi connectivity index (χ3n) is 1.74. The summed E-state index contributed by atoms with van der Waals surface area (Å²) in [5, 5.41) is 7.61. The lowest BCUT2D eigenvalue weighted by molar-refractivity contribution is -0.127. The molecule has 7 heteroatoms. The van der Waals surface area contributed by atoms with E-state index in [0.717, 1.165) is 6.54 Å². The maximum Gasteiger partial charge on any atom is 0.239 e. The van der Waals surface area contributed by atoms with E-state index in [2.05, 4.69) is 16.0 Å². The van der Waals surface area contributed by atoms with E-state index in [1.54, 1.807) is 7.05 Å². The summed E-state index contributed by atoms with van der Waals surface area (Å²) in [7, 11) is 1.80. The van der Waals surface area contributed by atoms with Crippen LogP contribution in [0, 0.1) is 0 Å². The number of primary amides is 1. The van der Waals surface area contributed by atoms with E-state index in [9.17, 15) is 14.4 Å². The van der Waals surface area contributed by atoms with Gasteiger partial charge in [0.1, 0.15) is 0 Å². The molecule has 16 heavy (non-hydrogen) atoms. The Morgan fingerprint density at radius 2 is 1.69 bits per heavy atom. The van der Waals surface area contributed by atoms with E-state index in [1.165, 1.54) is 0 Å². The van der Waals surface area contributed by atoms with Crippen molar-refractivity contribution in [3.05, 3.63) is 0 Å². The van der Waals surface area contributed by atoms with Gasteiger partial charge in [0.25, 0.3) is 0 Å².